The lowest BCUT2D eigenvalue weighted by Gasteiger charge is -2.26. The predicted molar refractivity (Wildman–Crippen MR) is 82.9 cm³/mol. The van der Waals surface area contributed by atoms with E-state index in [1.807, 2.05) is 37.5 Å². The van der Waals surface area contributed by atoms with Crippen molar-refractivity contribution < 1.29 is 9.90 Å². The molecule has 1 aromatic heterocycles. The van der Waals surface area contributed by atoms with Crippen molar-refractivity contribution in [3.8, 4) is 0 Å². The molecule has 1 heterocycles. The Morgan fingerprint density at radius 2 is 1.95 bits per heavy atom. The number of halogens is 1. The van der Waals surface area contributed by atoms with Gasteiger partial charge in [-0.1, -0.05) is 0 Å². The van der Waals surface area contributed by atoms with Gasteiger partial charge in [0.05, 0.1) is 5.52 Å². The number of carbonyl (C=O) groups is 1. The van der Waals surface area contributed by atoms with Crippen LogP contribution in [-0.4, -0.2) is 15.6 Å². The Labute approximate surface area is 124 Å². The van der Waals surface area contributed by atoms with Crippen LogP contribution in [0.25, 0.3) is 10.9 Å². The van der Waals surface area contributed by atoms with Crippen LogP contribution in [0.15, 0.2) is 29.2 Å². The minimum Gasteiger partial charge on any atom is -0.477 e. The molecule has 4 nitrogen and oxygen atoms in total. The molecule has 0 fully saturated rings. The number of fused-ring (bicyclic) bond motifs is 1. The third-order valence-corrected chi connectivity index (χ3v) is 3.59. The molecule has 2 aromatic rings. The molecular formula is C14H14INO3. The lowest BCUT2D eigenvalue weighted by Crippen LogP contribution is -2.27. The highest BCUT2D eigenvalue weighted by Gasteiger charge is 2.20. The summed E-state index contributed by atoms with van der Waals surface area (Å²) >= 11 is 2.17. The van der Waals surface area contributed by atoms with Crippen LogP contribution in [-0.2, 0) is 5.54 Å². The van der Waals surface area contributed by atoms with Gasteiger partial charge < -0.3 is 9.67 Å². The van der Waals surface area contributed by atoms with Gasteiger partial charge >= 0.3 is 5.97 Å². The molecule has 19 heavy (non-hydrogen) atoms. The van der Waals surface area contributed by atoms with Crippen LogP contribution < -0.4 is 5.43 Å². The summed E-state index contributed by atoms with van der Waals surface area (Å²) in [5, 5.41) is 9.60. The Bertz CT molecular complexity index is 726. The van der Waals surface area contributed by atoms with Crippen molar-refractivity contribution in [1.29, 1.82) is 0 Å². The Hall–Kier alpha value is -1.37. The Morgan fingerprint density at radius 1 is 1.32 bits per heavy atom. The molecule has 0 amide bonds. The van der Waals surface area contributed by atoms with Gasteiger partial charge in [0.25, 0.3) is 0 Å². The van der Waals surface area contributed by atoms with Gasteiger partial charge in [-0.2, -0.15) is 0 Å². The summed E-state index contributed by atoms with van der Waals surface area (Å²) in [6.45, 7) is 5.92. The highest BCUT2D eigenvalue weighted by molar-refractivity contribution is 14.1. The quantitative estimate of drug-likeness (QED) is 0.784. The molecule has 2 rings (SSSR count). The Balaban J connectivity index is 3.01. The van der Waals surface area contributed by atoms with E-state index in [1.165, 1.54) is 6.20 Å². The Kier molecular flexibility index (Phi) is 3.42. The van der Waals surface area contributed by atoms with Crippen LogP contribution in [0.2, 0.25) is 0 Å². The largest absolute Gasteiger partial charge is 0.477 e. The van der Waals surface area contributed by atoms with Crippen LogP contribution in [0.1, 0.15) is 31.1 Å². The van der Waals surface area contributed by atoms with Crippen LogP contribution in [0.5, 0.6) is 0 Å². The van der Waals surface area contributed by atoms with Gasteiger partial charge in [-0.25, -0.2) is 4.79 Å². The summed E-state index contributed by atoms with van der Waals surface area (Å²) in [6, 6.07) is 5.39. The second-order valence-corrected chi connectivity index (χ2v) is 6.62. The molecule has 0 aliphatic heterocycles. The minimum absolute atomic E-state index is 0.191. The fraction of sp³-hybridized carbons (Fsp3) is 0.286. The number of aromatic nitrogens is 1. The van der Waals surface area contributed by atoms with Gasteiger partial charge in [-0.15, -0.1) is 0 Å². The molecule has 1 N–H and O–H groups in total. The van der Waals surface area contributed by atoms with E-state index in [9.17, 15) is 9.59 Å². The van der Waals surface area contributed by atoms with E-state index >= 15 is 0 Å². The molecule has 0 unspecified atom stereocenters. The van der Waals surface area contributed by atoms with E-state index in [-0.39, 0.29) is 11.1 Å². The third kappa shape index (κ3) is 2.51. The van der Waals surface area contributed by atoms with Crippen molar-refractivity contribution >= 4 is 39.5 Å². The fourth-order valence-electron chi connectivity index (χ4n) is 2.01. The van der Waals surface area contributed by atoms with Gasteiger partial charge in [0.1, 0.15) is 5.56 Å². The number of nitrogens with zero attached hydrogens (tertiary/aromatic N) is 1. The van der Waals surface area contributed by atoms with E-state index in [0.717, 1.165) is 9.09 Å². The van der Waals surface area contributed by atoms with Crippen molar-refractivity contribution in [2.75, 3.05) is 0 Å². The van der Waals surface area contributed by atoms with Gasteiger partial charge in [0.15, 0.2) is 0 Å². The molecule has 0 saturated heterocycles. The fourth-order valence-corrected chi connectivity index (χ4v) is 2.48. The molecule has 100 valence electrons. The number of pyridine rings is 1. The van der Waals surface area contributed by atoms with Crippen LogP contribution in [0.4, 0.5) is 0 Å². The zero-order valence-corrected chi connectivity index (χ0v) is 13.1. The molecule has 1 aromatic carbocycles. The lowest BCUT2D eigenvalue weighted by atomic mass is 10.0. The third-order valence-electron chi connectivity index (χ3n) is 2.92. The molecule has 0 spiro atoms. The first kappa shape index (κ1) is 14.0. The number of aromatic carboxylic acids is 1. The van der Waals surface area contributed by atoms with Gasteiger partial charge in [0, 0.05) is 20.7 Å². The van der Waals surface area contributed by atoms with Crippen molar-refractivity contribution in [2.45, 2.75) is 26.3 Å². The van der Waals surface area contributed by atoms with E-state index in [4.69, 9.17) is 5.11 Å². The lowest BCUT2D eigenvalue weighted by molar-refractivity contribution is 0.0694. The first-order chi connectivity index (χ1) is 8.71. The maximum absolute atomic E-state index is 12.2. The van der Waals surface area contributed by atoms with Crippen LogP contribution >= 0.6 is 22.6 Å². The van der Waals surface area contributed by atoms with E-state index in [0.29, 0.717) is 5.39 Å². The van der Waals surface area contributed by atoms with Gasteiger partial charge in [0.2, 0.25) is 5.43 Å². The second-order valence-electron chi connectivity index (χ2n) is 5.38. The Morgan fingerprint density at radius 3 is 2.47 bits per heavy atom. The standard InChI is InChI=1S/C14H14INO3/c1-14(2,3)16-7-10(13(18)19)12(17)9-5-4-8(15)6-11(9)16/h4-7H,1-3H3,(H,18,19). The highest BCUT2D eigenvalue weighted by atomic mass is 127. The first-order valence-corrected chi connectivity index (χ1v) is 6.88. The molecule has 5 heteroatoms. The summed E-state index contributed by atoms with van der Waals surface area (Å²) in [5.74, 6) is -1.19. The molecule has 0 saturated carbocycles. The SMILES string of the molecule is CC(C)(C)n1cc(C(=O)O)c(=O)c2ccc(I)cc21. The van der Waals surface area contributed by atoms with E-state index in [2.05, 4.69) is 22.6 Å². The van der Waals surface area contributed by atoms with Crippen LogP contribution in [0.3, 0.4) is 0 Å². The van der Waals surface area contributed by atoms with Crippen molar-refractivity contribution in [3.05, 3.63) is 43.8 Å². The average Bonchev–Trinajstić information content (AvgIpc) is 2.26. The van der Waals surface area contributed by atoms with Crippen molar-refractivity contribution in [3.63, 3.8) is 0 Å². The molecule has 0 aliphatic carbocycles. The van der Waals surface area contributed by atoms with Gasteiger partial charge in [-0.3, -0.25) is 4.79 Å². The molecule has 0 bridgehead atoms. The first-order valence-electron chi connectivity index (χ1n) is 5.80. The summed E-state index contributed by atoms with van der Waals surface area (Å²) < 4.78 is 2.85. The van der Waals surface area contributed by atoms with Crippen molar-refractivity contribution in [1.82, 2.24) is 4.57 Å². The van der Waals surface area contributed by atoms with Crippen LogP contribution in [0, 0.1) is 3.57 Å². The van der Waals surface area contributed by atoms with E-state index in [1.54, 1.807) is 6.07 Å². The molecule has 0 atom stereocenters. The smallest absolute Gasteiger partial charge is 0.341 e. The van der Waals surface area contributed by atoms with Gasteiger partial charge in [-0.05, 0) is 61.6 Å². The number of carboxylic acids is 1. The summed E-state index contributed by atoms with van der Waals surface area (Å²) in [5.41, 5.74) is -0.168. The maximum Gasteiger partial charge on any atom is 0.341 e. The minimum atomic E-state index is -1.19. The normalized spacial score (nSPS) is 11.8. The number of hydrogen-bond donors (Lipinski definition) is 1. The highest BCUT2D eigenvalue weighted by Crippen LogP contribution is 2.23. The summed E-state index contributed by atoms with van der Waals surface area (Å²) in [7, 11) is 0. The zero-order chi connectivity index (χ0) is 14.4. The molecular weight excluding hydrogens is 357 g/mol. The topological polar surface area (TPSA) is 59.3 Å². The monoisotopic (exact) mass is 371 g/mol. The summed E-state index contributed by atoms with van der Waals surface area (Å²) in [4.78, 5) is 23.4. The van der Waals surface area contributed by atoms with Crippen molar-refractivity contribution in [2.24, 2.45) is 0 Å². The maximum atomic E-state index is 12.2. The van der Waals surface area contributed by atoms with E-state index < -0.39 is 11.4 Å². The molecule has 0 radical (unpaired) electrons. The zero-order valence-electron chi connectivity index (χ0n) is 10.9. The number of rotatable bonds is 1. The summed E-state index contributed by atoms with van der Waals surface area (Å²) in [6.07, 6.45) is 1.43. The number of benzene rings is 1. The molecule has 0 aliphatic rings. The predicted octanol–water partition coefficient (Wildman–Crippen LogP) is 3.06. The number of carboxylic acid groups (broad SMARTS) is 1. The number of hydrogen-bond acceptors (Lipinski definition) is 2. The second kappa shape index (κ2) is 4.63. The average molecular weight is 371 g/mol.